The Balaban J connectivity index is 1.59. The van der Waals surface area contributed by atoms with E-state index in [0.717, 1.165) is 35.0 Å². The molecule has 1 aliphatic rings. The molecule has 2 N–H and O–H groups in total. The van der Waals surface area contributed by atoms with Crippen LogP contribution in [0.3, 0.4) is 0 Å². The van der Waals surface area contributed by atoms with Crippen molar-refractivity contribution in [1.82, 2.24) is 10.2 Å². The lowest BCUT2D eigenvalue weighted by Crippen LogP contribution is -2.38. The number of halogens is 1. The number of nitrogens with one attached hydrogen (secondary N) is 1. The average Bonchev–Trinajstić information content (AvgIpc) is 2.86. The van der Waals surface area contributed by atoms with Gasteiger partial charge in [-0.2, -0.15) is 5.26 Å². The van der Waals surface area contributed by atoms with Gasteiger partial charge < -0.3 is 20.1 Å². The largest absolute Gasteiger partial charge is 0.495 e. The third-order valence-electron chi connectivity index (χ3n) is 6.50. The molecule has 0 saturated carbocycles. The van der Waals surface area contributed by atoms with Gasteiger partial charge in [-0.15, -0.1) is 10.2 Å². The van der Waals surface area contributed by atoms with E-state index in [1.165, 1.54) is 0 Å². The third kappa shape index (κ3) is 4.85. The van der Waals surface area contributed by atoms with E-state index in [1.807, 2.05) is 30.3 Å². The van der Waals surface area contributed by atoms with Crippen LogP contribution in [0, 0.1) is 23.2 Å². The molecule has 8 nitrogen and oxygen atoms in total. The number of ether oxygens (including phenoxy) is 1. The Hall–Kier alpha value is -3.57. The van der Waals surface area contributed by atoms with E-state index in [4.69, 9.17) is 16.3 Å². The number of carbonyl (C=O) groups is 1. The van der Waals surface area contributed by atoms with Crippen LogP contribution in [-0.2, 0) is 11.3 Å². The summed E-state index contributed by atoms with van der Waals surface area (Å²) in [4.78, 5) is 13.5. The standard InChI is InChI=1S/C25H26ClN5O3/c1-15(25(32)33)18-7-9-31(10-8-18)24-19-5-3-16(13-27)11-20(19)23(29-30-24)28-14-17-4-6-22(34-2)21(26)12-17/h3-6,11-12,15,18H,7-10,14H2,1-2H3,(H,28,29)(H,32,33). The molecule has 0 bridgehead atoms. The second kappa shape index (κ2) is 10.1. The summed E-state index contributed by atoms with van der Waals surface area (Å²) in [7, 11) is 1.57. The van der Waals surface area contributed by atoms with Gasteiger partial charge in [0.1, 0.15) is 5.75 Å². The summed E-state index contributed by atoms with van der Waals surface area (Å²) in [6.45, 7) is 3.67. The van der Waals surface area contributed by atoms with Crippen LogP contribution < -0.4 is 15.0 Å². The zero-order valence-electron chi connectivity index (χ0n) is 19.1. The van der Waals surface area contributed by atoms with Gasteiger partial charge >= 0.3 is 5.97 Å². The number of nitriles is 1. The first-order chi connectivity index (χ1) is 16.4. The molecule has 0 aliphatic carbocycles. The second-order valence-electron chi connectivity index (χ2n) is 8.52. The Morgan fingerprint density at radius 2 is 2.03 bits per heavy atom. The Kier molecular flexibility index (Phi) is 7.03. The molecule has 1 atom stereocenters. The number of carboxylic acids is 1. The SMILES string of the molecule is COc1ccc(CNc2nnc(N3CCC(C(C)C(=O)O)CC3)c3ccc(C#N)cc23)cc1Cl. The molecular formula is C25H26ClN5O3. The maximum Gasteiger partial charge on any atom is 0.306 e. The topological polar surface area (TPSA) is 111 Å². The van der Waals surface area contributed by atoms with Crippen LogP contribution in [0.15, 0.2) is 36.4 Å². The predicted octanol–water partition coefficient (Wildman–Crippen LogP) is 4.71. The number of hydrogen-bond donors (Lipinski definition) is 2. The zero-order valence-corrected chi connectivity index (χ0v) is 19.8. The first-order valence-electron chi connectivity index (χ1n) is 11.2. The summed E-state index contributed by atoms with van der Waals surface area (Å²) in [5.74, 6) is 0.981. The number of methoxy groups -OCH3 is 1. The number of aliphatic carboxylic acids is 1. The van der Waals surface area contributed by atoms with Crippen molar-refractivity contribution in [3.8, 4) is 11.8 Å². The first kappa shape index (κ1) is 23.6. The van der Waals surface area contributed by atoms with Gasteiger partial charge in [0.25, 0.3) is 0 Å². The van der Waals surface area contributed by atoms with Crippen LogP contribution in [0.1, 0.15) is 30.9 Å². The van der Waals surface area contributed by atoms with Crippen molar-refractivity contribution in [1.29, 1.82) is 5.26 Å². The van der Waals surface area contributed by atoms with E-state index in [0.29, 0.717) is 41.8 Å². The molecule has 1 fully saturated rings. The molecule has 2 heterocycles. The highest BCUT2D eigenvalue weighted by atomic mass is 35.5. The summed E-state index contributed by atoms with van der Waals surface area (Å²) in [6.07, 6.45) is 1.57. The third-order valence-corrected chi connectivity index (χ3v) is 6.80. The monoisotopic (exact) mass is 479 g/mol. The maximum atomic E-state index is 11.4. The summed E-state index contributed by atoms with van der Waals surface area (Å²) < 4.78 is 5.21. The fourth-order valence-electron chi connectivity index (χ4n) is 4.39. The minimum Gasteiger partial charge on any atom is -0.495 e. The zero-order chi connectivity index (χ0) is 24.2. The Morgan fingerprint density at radius 1 is 1.26 bits per heavy atom. The highest BCUT2D eigenvalue weighted by molar-refractivity contribution is 6.32. The number of anilines is 2. The van der Waals surface area contributed by atoms with Crippen LogP contribution in [-0.4, -0.2) is 41.5 Å². The number of carboxylic acid groups (broad SMARTS) is 1. The van der Waals surface area contributed by atoms with Gasteiger partial charge in [0.05, 0.1) is 29.7 Å². The minimum absolute atomic E-state index is 0.149. The van der Waals surface area contributed by atoms with Crippen LogP contribution in [0.5, 0.6) is 5.75 Å². The smallest absolute Gasteiger partial charge is 0.306 e. The number of fused-ring (bicyclic) bond motifs is 1. The molecule has 1 saturated heterocycles. The van der Waals surface area contributed by atoms with Crippen LogP contribution in [0.4, 0.5) is 11.6 Å². The van der Waals surface area contributed by atoms with Crippen molar-refractivity contribution < 1.29 is 14.6 Å². The number of piperidine rings is 1. The molecule has 3 aromatic rings. The highest BCUT2D eigenvalue weighted by Gasteiger charge is 2.29. The Bertz CT molecular complexity index is 1250. The van der Waals surface area contributed by atoms with Gasteiger partial charge in [-0.3, -0.25) is 4.79 Å². The van der Waals surface area contributed by atoms with E-state index in [1.54, 1.807) is 20.1 Å². The summed E-state index contributed by atoms with van der Waals surface area (Å²) in [5, 5.41) is 33.3. The van der Waals surface area contributed by atoms with Crippen LogP contribution in [0.25, 0.3) is 10.8 Å². The van der Waals surface area contributed by atoms with Crippen molar-refractivity contribution in [2.75, 3.05) is 30.4 Å². The van der Waals surface area contributed by atoms with E-state index in [9.17, 15) is 15.2 Å². The predicted molar refractivity (Wildman–Crippen MR) is 131 cm³/mol. The van der Waals surface area contributed by atoms with Gasteiger partial charge in [-0.25, -0.2) is 0 Å². The molecule has 9 heteroatoms. The van der Waals surface area contributed by atoms with E-state index in [2.05, 4.69) is 26.5 Å². The Morgan fingerprint density at radius 3 is 2.68 bits per heavy atom. The first-order valence-corrected chi connectivity index (χ1v) is 11.5. The lowest BCUT2D eigenvalue weighted by Gasteiger charge is -2.34. The van der Waals surface area contributed by atoms with E-state index in [-0.39, 0.29) is 11.8 Å². The van der Waals surface area contributed by atoms with E-state index >= 15 is 0 Å². The van der Waals surface area contributed by atoms with Gasteiger partial charge in [0.15, 0.2) is 11.6 Å². The average molecular weight is 480 g/mol. The fourth-order valence-corrected chi connectivity index (χ4v) is 4.67. The lowest BCUT2D eigenvalue weighted by molar-refractivity contribution is -0.143. The maximum absolute atomic E-state index is 11.4. The van der Waals surface area contributed by atoms with Gasteiger partial charge in [-0.05, 0) is 54.7 Å². The highest BCUT2D eigenvalue weighted by Crippen LogP contribution is 2.34. The normalized spacial score (nSPS) is 15.1. The molecule has 0 amide bonds. The number of rotatable bonds is 7. The second-order valence-corrected chi connectivity index (χ2v) is 8.93. The molecule has 1 unspecified atom stereocenters. The van der Waals surface area contributed by atoms with E-state index < -0.39 is 5.97 Å². The minimum atomic E-state index is -0.749. The molecular weight excluding hydrogens is 454 g/mol. The van der Waals surface area contributed by atoms with Crippen molar-refractivity contribution in [2.24, 2.45) is 11.8 Å². The van der Waals surface area contributed by atoms with Crippen molar-refractivity contribution in [3.05, 3.63) is 52.5 Å². The molecule has 0 radical (unpaired) electrons. The number of nitrogens with zero attached hydrogens (tertiary/aromatic N) is 4. The fraction of sp³-hybridized carbons (Fsp3) is 0.360. The number of hydrogen-bond acceptors (Lipinski definition) is 7. The number of benzene rings is 2. The van der Waals surface area contributed by atoms with Crippen LogP contribution in [0.2, 0.25) is 5.02 Å². The summed E-state index contributed by atoms with van der Waals surface area (Å²) >= 11 is 6.24. The van der Waals surface area contributed by atoms with Gasteiger partial charge in [0, 0.05) is 30.4 Å². The van der Waals surface area contributed by atoms with Gasteiger partial charge in [0.2, 0.25) is 0 Å². The molecule has 34 heavy (non-hydrogen) atoms. The lowest BCUT2D eigenvalue weighted by atomic mass is 9.85. The summed E-state index contributed by atoms with van der Waals surface area (Å²) in [5.41, 5.74) is 1.49. The van der Waals surface area contributed by atoms with Gasteiger partial charge in [-0.1, -0.05) is 24.6 Å². The molecule has 176 valence electrons. The Labute approximate surface area is 203 Å². The molecule has 4 rings (SSSR count). The van der Waals surface area contributed by atoms with Crippen molar-refractivity contribution >= 4 is 40.0 Å². The van der Waals surface area contributed by atoms with Crippen molar-refractivity contribution in [3.63, 3.8) is 0 Å². The quantitative estimate of drug-likeness (QED) is 0.501. The summed E-state index contributed by atoms with van der Waals surface area (Å²) in [6, 6.07) is 13.3. The molecule has 1 aromatic heterocycles. The van der Waals surface area contributed by atoms with Crippen LogP contribution >= 0.6 is 11.6 Å². The molecule has 0 spiro atoms. The number of aromatic nitrogens is 2. The molecule has 1 aliphatic heterocycles. The van der Waals surface area contributed by atoms with Crippen molar-refractivity contribution in [2.45, 2.75) is 26.3 Å². The molecule has 2 aromatic carbocycles.